The molecule has 0 fully saturated rings. The third-order valence-electron chi connectivity index (χ3n) is 0.731. The van der Waals surface area contributed by atoms with Gasteiger partial charge in [-0.2, -0.15) is 0 Å². The summed E-state index contributed by atoms with van der Waals surface area (Å²) in [5.74, 6) is 0. The second-order valence-corrected chi connectivity index (χ2v) is 1.94. The van der Waals surface area contributed by atoms with Crippen LogP contribution in [0.4, 0.5) is 0 Å². The van der Waals surface area contributed by atoms with Crippen molar-refractivity contribution in [2.45, 2.75) is 6.92 Å². The molecule has 1 nitrogen and oxygen atoms in total. The second-order valence-electron chi connectivity index (χ2n) is 1.41. The number of hydrogen-bond acceptors (Lipinski definition) is 1. The summed E-state index contributed by atoms with van der Waals surface area (Å²) in [6.07, 6.45) is 3.45. The quantitative estimate of drug-likeness (QED) is 0.366. The Kier molecular flexibility index (Phi) is 11.6. The molecule has 0 aromatic heterocycles. The number of halogens is 1. The van der Waals surface area contributed by atoms with E-state index in [1.807, 2.05) is 13.0 Å². The molecule has 0 spiro atoms. The SMILES string of the molecule is CC(/C=C/Br)=C\C[O-].[Li+]. The third-order valence-corrected chi connectivity index (χ3v) is 0.996. The molecule has 0 aliphatic rings. The van der Waals surface area contributed by atoms with Crippen LogP contribution < -0.4 is 24.0 Å². The smallest absolute Gasteiger partial charge is 0.851 e. The van der Waals surface area contributed by atoms with Crippen LogP contribution in [0.15, 0.2) is 22.7 Å². The molecule has 0 heterocycles. The molecule has 3 heteroatoms. The summed E-state index contributed by atoms with van der Waals surface area (Å²) in [4.78, 5) is 1.73. The first kappa shape index (κ1) is 12.2. The average Bonchev–Trinajstić information content (AvgIpc) is 1.68. The van der Waals surface area contributed by atoms with Crippen LogP contribution in [0, 0.1) is 0 Å². The van der Waals surface area contributed by atoms with Crippen LogP contribution in [0.5, 0.6) is 0 Å². The van der Waals surface area contributed by atoms with Crippen molar-refractivity contribution in [2.75, 3.05) is 6.61 Å². The Labute approximate surface area is 76.1 Å². The summed E-state index contributed by atoms with van der Waals surface area (Å²) < 4.78 is 0. The molecule has 0 rings (SSSR count). The first-order chi connectivity index (χ1) is 3.81. The molecule has 46 valence electrons. The summed E-state index contributed by atoms with van der Waals surface area (Å²) in [7, 11) is 0. The predicted octanol–water partition coefficient (Wildman–Crippen LogP) is -1.79. The summed E-state index contributed by atoms with van der Waals surface area (Å²) in [5, 5.41) is 9.89. The van der Waals surface area contributed by atoms with E-state index < -0.39 is 0 Å². The fraction of sp³-hybridized carbons (Fsp3) is 0.333. The number of hydrogen-bond donors (Lipinski definition) is 0. The zero-order valence-electron chi connectivity index (χ0n) is 5.73. The van der Waals surface area contributed by atoms with E-state index >= 15 is 0 Å². The maximum Gasteiger partial charge on any atom is 1.00 e. The number of allylic oxidation sites excluding steroid dienone is 2. The fourth-order valence-electron chi connectivity index (χ4n) is 0.299. The van der Waals surface area contributed by atoms with Crippen molar-refractivity contribution >= 4 is 15.9 Å². The Morgan fingerprint density at radius 3 is 2.56 bits per heavy atom. The zero-order chi connectivity index (χ0) is 6.41. The van der Waals surface area contributed by atoms with Gasteiger partial charge in [0.25, 0.3) is 0 Å². The van der Waals surface area contributed by atoms with Gasteiger partial charge in [-0.25, -0.2) is 0 Å². The standard InChI is InChI=1S/C6H8BrO.Li/c1-6(2-4-7)3-5-8;/h2-4H,5H2,1H3;/q-1;+1/b4-2+,6-3+;. The molecule has 0 aromatic rings. The Morgan fingerprint density at radius 2 is 2.22 bits per heavy atom. The van der Waals surface area contributed by atoms with Gasteiger partial charge in [0.05, 0.1) is 0 Å². The van der Waals surface area contributed by atoms with Gasteiger partial charge in [0.2, 0.25) is 0 Å². The van der Waals surface area contributed by atoms with Crippen LogP contribution in [0.1, 0.15) is 6.92 Å². The normalized spacial score (nSPS) is 11.7. The van der Waals surface area contributed by atoms with Crippen molar-refractivity contribution < 1.29 is 24.0 Å². The maximum absolute atomic E-state index is 9.89. The molecule has 0 aliphatic carbocycles. The van der Waals surface area contributed by atoms with E-state index in [0.29, 0.717) is 0 Å². The fourth-order valence-corrected chi connectivity index (χ4v) is 0.716. The monoisotopic (exact) mass is 182 g/mol. The molecule has 0 aliphatic heterocycles. The van der Waals surface area contributed by atoms with E-state index in [-0.39, 0.29) is 25.5 Å². The molecule has 9 heavy (non-hydrogen) atoms. The largest absolute Gasteiger partial charge is 1.00 e. The molecule has 0 atom stereocenters. The van der Waals surface area contributed by atoms with Crippen molar-refractivity contribution in [2.24, 2.45) is 0 Å². The Bertz CT molecular complexity index is 110. The first-order valence-corrected chi connectivity index (χ1v) is 3.24. The van der Waals surface area contributed by atoms with Gasteiger partial charge in [-0.3, -0.25) is 0 Å². The van der Waals surface area contributed by atoms with Crippen LogP contribution in [0.2, 0.25) is 0 Å². The summed E-state index contributed by atoms with van der Waals surface area (Å²) in [6.45, 7) is 1.75. The van der Waals surface area contributed by atoms with E-state index in [4.69, 9.17) is 0 Å². The number of rotatable bonds is 2. The van der Waals surface area contributed by atoms with E-state index in [1.165, 1.54) is 0 Å². The Balaban J connectivity index is 0. The molecule has 0 saturated heterocycles. The topological polar surface area (TPSA) is 23.1 Å². The van der Waals surface area contributed by atoms with Crippen molar-refractivity contribution in [1.29, 1.82) is 0 Å². The van der Waals surface area contributed by atoms with Crippen LogP contribution in [-0.2, 0) is 0 Å². The van der Waals surface area contributed by atoms with Crippen molar-refractivity contribution in [1.82, 2.24) is 0 Å². The van der Waals surface area contributed by atoms with Gasteiger partial charge in [-0.15, -0.1) is 6.61 Å². The molecule has 0 aromatic carbocycles. The van der Waals surface area contributed by atoms with E-state index in [2.05, 4.69) is 15.9 Å². The summed E-state index contributed by atoms with van der Waals surface area (Å²) in [6, 6.07) is 0. The molecule has 0 radical (unpaired) electrons. The zero-order valence-corrected chi connectivity index (χ0v) is 7.31. The van der Waals surface area contributed by atoms with Gasteiger partial charge in [0, 0.05) is 0 Å². The molecule has 0 bridgehead atoms. The van der Waals surface area contributed by atoms with Crippen molar-refractivity contribution in [3.05, 3.63) is 22.7 Å². The predicted molar refractivity (Wildman–Crippen MR) is 36.7 cm³/mol. The first-order valence-electron chi connectivity index (χ1n) is 2.33. The summed E-state index contributed by atoms with van der Waals surface area (Å²) in [5.41, 5.74) is 0.997. The third kappa shape index (κ3) is 8.52. The Hall–Kier alpha value is 0.517. The van der Waals surface area contributed by atoms with E-state index in [0.717, 1.165) is 5.57 Å². The molecule has 0 unspecified atom stereocenters. The van der Waals surface area contributed by atoms with Gasteiger partial charge < -0.3 is 5.11 Å². The minimum absolute atomic E-state index is 0. The second kappa shape index (κ2) is 8.52. The molecule has 0 amide bonds. The van der Waals surface area contributed by atoms with Gasteiger partial charge in [0.15, 0.2) is 0 Å². The Morgan fingerprint density at radius 1 is 1.67 bits per heavy atom. The molecule has 0 N–H and O–H groups in total. The average molecular weight is 183 g/mol. The van der Waals surface area contributed by atoms with Crippen LogP contribution >= 0.6 is 15.9 Å². The van der Waals surface area contributed by atoms with E-state index in [9.17, 15) is 5.11 Å². The minimum Gasteiger partial charge on any atom is -0.851 e. The van der Waals surface area contributed by atoms with Gasteiger partial charge in [-0.1, -0.05) is 33.7 Å². The van der Waals surface area contributed by atoms with E-state index in [1.54, 1.807) is 11.1 Å². The summed E-state index contributed by atoms with van der Waals surface area (Å²) >= 11 is 3.10. The molecular formula is C6H8BrLiO. The van der Waals surface area contributed by atoms with Gasteiger partial charge in [0.1, 0.15) is 0 Å². The minimum atomic E-state index is -0.136. The van der Waals surface area contributed by atoms with Crippen molar-refractivity contribution in [3.63, 3.8) is 0 Å². The maximum atomic E-state index is 9.89. The van der Waals surface area contributed by atoms with Crippen LogP contribution in [0.3, 0.4) is 0 Å². The van der Waals surface area contributed by atoms with Gasteiger partial charge in [-0.05, 0) is 11.9 Å². The van der Waals surface area contributed by atoms with Crippen LogP contribution in [0.25, 0.3) is 0 Å². The molecular weight excluding hydrogens is 175 g/mol. The van der Waals surface area contributed by atoms with Crippen molar-refractivity contribution in [3.8, 4) is 0 Å². The molecule has 0 saturated carbocycles. The van der Waals surface area contributed by atoms with Crippen LogP contribution in [-0.4, -0.2) is 6.61 Å². The van der Waals surface area contributed by atoms with Gasteiger partial charge >= 0.3 is 18.9 Å².